The molecule has 1 aromatic heterocycles. The van der Waals surface area contributed by atoms with Gasteiger partial charge in [-0.25, -0.2) is 9.59 Å². The van der Waals surface area contributed by atoms with Gasteiger partial charge in [-0.1, -0.05) is 0 Å². The number of carbonyl (C=O) groups excluding carboxylic acids is 2. The molecule has 6 nitrogen and oxygen atoms in total. The largest absolute Gasteiger partial charge is 0.462 e. The Kier molecular flexibility index (Phi) is 4.65. The highest BCUT2D eigenvalue weighted by Gasteiger charge is 2.23. The number of hydrogen-bond donors (Lipinski definition) is 1. The number of aromatic nitrogens is 1. The summed E-state index contributed by atoms with van der Waals surface area (Å²) in [5.41, 5.74) is -0.579. The van der Waals surface area contributed by atoms with Gasteiger partial charge in [-0.05, 0) is 26.8 Å². The quantitative estimate of drug-likeness (QED) is 0.810. The van der Waals surface area contributed by atoms with Crippen LogP contribution in [0.3, 0.4) is 0 Å². The third-order valence-electron chi connectivity index (χ3n) is 2.14. The standard InChI is InChI=1S/C12H15NO5/c1-4-17-11(15)8-6-7(3)13-10(14)9(8)12(16)18-5-2/h6H,4-5H2,1-3H3,(H,13,14). The maximum absolute atomic E-state index is 11.7. The number of ether oxygens (including phenoxy) is 2. The lowest BCUT2D eigenvalue weighted by molar-refractivity contribution is 0.0477. The van der Waals surface area contributed by atoms with Crippen molar-refractivity contribution in [3.05, 3.63) is 33.2 Å². The third-order valence-corrected chi connectivity index (χ3v) is 2.14. The van der Waals surface area contributed by atoms with Crippen LogP contribution in [0.5, 0.6) is 0 Å². The normalized spacial score (nSPS) is 9.94. The summed E-state index contributed by atoms with van der Waals surface area (Å²) >= 11 is 0. The Labute approximate surface area is 104 Å². The number of pyridine rings is 1. The van der Waals surface area contributed by atoms with Crippen molar-refractivity contribution in [2.24, 2.45) is 0 Å². The molecule has 0 spiro atoms. The van der Waals surface area contributed by atoms with E-state index in [-0.39, 0.29) is 24.3 Å². The van der Waals surface area contributed by atoms with E-state index in [1.165, 1.54) is 6.07 Å². The maximum Gasteiger partial charge on any atom is 0.344 e. The van der Waals surface area contributed by atoms with Gasteiger partial charge in [-0.3, -0.25) is 4.79 Å². The van der Waals surface area contributed by atoms with Crippen LogP contribution in [0, 0.1) is 6.92 Å². The molecule has 0 radical (unpaired) electrons. The number of carbonyl (C=O) groups is 2. The maximum atomic E-state index is 11.7. The smallest absolute Gasteiger partial charge is 0.344 e. The summed E-state index contributed by atoms with van der Waals surface area (Å²) in [5, 5.41) is 0. The zero-order chi connectivity index (χ0) is 13.7. The molecule has 0 bridgehead atoms. The molecule has 1 aromatic rings. The van der Waals surface area contributed by atoms with Crippen molar-refractivity contribution in [2.75, 3.05) is 13.2 Å². The molecular formula is C12H15NO5. The first-order chi connectivity index (χ1) is 8.51. The molecule has 0 unspecified atom stereocenters. The minimum atomic E-state index is -0.832. The molecule has 1 rings (SSSR count). The second-order valence-corrected chi connectivity index (χ2v) is 3.51. The van der Waals surface area contributed by atoms with Crippen LogP contribution in [0.1, 0.15) is 40.3 Å². The van der Waals surface area contributed by atoms with Crippen molar-refractivity contribution >= 4 is 11.9 Å². The van der Waals surface area contributed by atoms with Crippen LogP contribution in [0.25, 0.3) is 0 Å². The highest BCUT2D eigenvalue weighted by Crippen LogP contribution is 2.09. The number of esters is 2. The number of nitrogens with one attached hydrogen (secondary N) is 1. The Morgan fingerprint density at radius 3 is 2.28 bits per heavy atom. The van der Waals surface area contributed by atoms with Crippen molar-refractivity contribution < 1.29 is 19.1 Å². The van der Waals surface area contributed by atoms with E-state index in [9.17, 15) is 14.4 Å². The molecule has 0 aliphatic rings. The molecule has 0 atom stereocenters. The average Bonchev–Trinajstić information content (AvgIpc) is 2.28. The number of aromatic amines is 1. The number of aryl methyl sites for hydroxylation is 1. The Hall–Kier alpha value is -2.11. The first kappa shape index (κ1) is 14.0. The molecule has 6 heteroatoms. The summed E-state index contributed by atoms with van der Waals surface area (Å²) in [7, 11) is 0. The van der Waals surface area contributed by atoms with E-state index in [1.54, 1.807) is 20.8 Å². The summed E-state index contributed by atoms with van der Waals surface area (Å²) in [4.78, 5) is 37.5. The van der Waals surface area contributed by atoms with Gasteiger partial charge in [0.1, 0.15) is 5.56 Å². The van der Waals surface area contributed by atoms with Gasteiger partial charge < -0.3 is 14.5 Å². The fourth-order valence-electron chi connectivity index (χ4n) is 1.46. The summed E-state index contributed by atoms with van der Waals surface area (Å²) < 4.78 is 9.56. The van der Waals surface area contributed by atoms with Crippen molar-refractivity contribution in [1.82, 2.24) is 4.98 Å². The van der Waals surface area contributed by atoms with Crippen molar-refractivity contribution in [3.63, 3.8) is 0 Å². The minimum Gasteiger partial charge on any atom is -0.462 e. The van der Waals surface area contributed by atoms with E-state index in [1.807, 2.05) is 0 Å². The fourth-order valence-corrected chi connectivity index (χ4v) is 1.46. The number of H-pyrrole nitrogens is 1. The lowest BCUT2D eigenvalue weighted by atomic mass is 10.1. The highest BCUT2D eigenvalue weighted by atomic mass is 16.5. The predicted molar refractivity (Wildman–Crippen MR) is 63.7 cm³/mol. The molecule has 18 heavy (non-hydrogen) atoms. The van der Waals surface area contributed by atoms with Gasteiger partial charge in [0, 0.05) is 5.69 Å². The molecule has 0 aromatic carbocycles. The molecule has 0 amide bonds. The molecule has 0 fully saturated rings. The van der Waals surface area contributed by atoms with Gasteiger partial charge in [0.25, 0.3) is 5.56 Å². The van der Waals surface area contributed by atoms with Gasteiger partial charge in [0.05, 0.1) is 18.8 Å². The second kappa shape index (κ2) is 6.00. The summed E-state index contributed by atoms with van der Waals surface area (Å²) in [6.45, 7) is 5.15. The van der Waals surface area contributed by atoms with E-state index < -0.39 is 17.5 Å². The van der Waals surface area contributed by atoms with Crippen LogP contribution in [0.2, 0.25) is 0 Å². The zero-order valence-electron chi connectivity index (χ0n) is 10.5. The van der Waals surface area contributed by atoms with Crippen LogP contribution in [-0.2, 0) is 9.47 Å². The van der Waals surface area contributed by atoms with Crippen molar-refractivity contribution in [1.29, 1.82) is 0 Å². The number of hydrogen-bond acceptors (Lipinski definition) is 5. The van der Waals surface area contributed by atoms with E-state index in [0.29, 0.717) is 5.69 Å². The van der Waals surface area contributed by atoms with Gasteiger partial charge in [0.15, 0.2) is 0 Å². The Morgan fingerprint density at radius 1 is 1.17 bits per heavy atom. The summed E-state index contributed by atoms with van der Waals surface area (Å²) in [6.07, 6.45) is 0. The molecule has 0 aliphatic carbocycles. The van der Waals surface area contributed by atoms with Crippen LogP contribution in [-0.4, -0.2) is 30.1 Å². The third kappa shape index (κ3) is 2.97. The van der Waals surface area contributed by atoms with Gasteiger partial charge in [-0.2, -0.15) is 0 Å². The van der Waals surface area contributed by atoms with Crippen LogP contribution < -0.4 is 5.56 Å². The van der Waals surface area contributed by atoms with Crippen molar-refractivity contribution in [3.8, 4) is 0 Å². The first-order valence-electron chi connectivity index (χ1n) is 5.59. The predicted octanol–water partition coefficient (Wildman–Crippen LogP) is 1.04. The van der Waals surface area contributed by atoms with E-state index in [2.05, 4.69) is 4.98 Å². The first-order valence-corrected chi connectivity index (χ1v) is 5.59. The number of rotatable bonds is 4. The van der Waals surface area contributed by atoms with Crippen molar-refractivity contribution in [2.45, 2.75) is 20.8 Å². The topological polar surface area (TPSA) is 85.5 Å². The molecule has 0 saturated carbocycles. The molecule has 1 heterocycles. The highest BCUT2D eigenvalue weighted by molar-refractivity contribution is 6.02. The van der Waals surface area contributed by atoms with E-state index in [0.717, 1.165) is 0 Å². The van der Waals surface area contributed by atoms with E-state index in [4.69, 9.17) is 9.47 Å². The fraction of sp³-hybridized carbons (Fsp3) is 0.417. The van der Waals surface area contributed by atoms with Gasteiger partial charge in [0.2, 0.25) is 0 Å². The Balaban J connectivity index is 3.34. The summed E-state index contributed by atoms with van der Waals surface area (Å²) in [5.74, 6) is -1.54. The van der Waals surface area contributed by atoms with Crippen LogP contribution in [0.4, 0.5) is 0 Å². The van der Waals surface area contributed by atoms with Gasteiger partial charge >= 0.3 is 11.9 Å². The zero-order valence-corrected chi connectivity index (χ0v) is 10.5. The monoisotopic (exact) mass is 253 g/mol. The minimum absolute atomic E-state index is 0.0726. The molecule has 0 saturated heterocycles. The SMILES string of the molecule is CCOC(=O)c1cc(C)[nH]c(=O)c1C(=O)OCC. The Bertz CT molecular complexity index is 518. The van der Waals surface area contributed by atoms with E-state index >= 15 is 0 Å². The molecule has 98 valence electrons. The summed E-state index contributed by atoms with van der Waals surface area (Å²) in [6, 6.07) is 1.39. The second-order valence-electron chi connectivity index (χ2n) is 3.51. The van der Waals surface area contributed by atoms with Crippen LogP contribution in [0.15, 0.2) is 10.9 Å². The van der Waals surface area contributed by atoms with Crippen LogP contribution >= 0.6 is 0 Å². The molecule has 0 aliphatic heterocycles. The lowest BCUT2D eigenvalue weighted by Crippen LogP contribution is -2.26. The molecular weight excluding hydrogens is 238 g/mol. The lowest BCUT2D eigenvalue weighted by Gasteiger charge is -2.08. The van der Waals surface area contributed by atoms with Gasteiger partial charge in [-0.15, -0.1) is 0 Å². The molecule has 1 N–H and O–H groups in total. The average molecular weight is 253 g/mol. The Morgan fingerprint density at radius 2 is 1.72 bits per heavy atom.